The number of rotatable bonds is 8. The molecule has 0 radical (unpaired) electrons. The Bertz CT molecular complexity index is 880. The lowest BCUT2D eigenvalue weighted by Gasteiger charge is -2.17. The topological polar surface area (TPSA) is 47.4 Å². The molecule has 1 aromatic heterocycles. The first-order valence-electron chi connectivity index (χ1n) is 8.83. The summed E-state index contributed by atoms with van der Waals surface area (Å²) in [6.45, 7) is 0.948. The fraction of sp³-hybridized carbons (Fsp3) is 0.238. The highest BCUT2D eigenvalue weighted by molar-refractivity contribution is 6.30. The lowest BCUT2D eigenvalue weighted by atomic mass is 10.2. The molecule has 0 bridgehead atoms. The molecule has 1 heterocycles. The van der Waals surface area contributed by atoms with E-state index in [-0.39, 0.29) is 5.91 Å². The van der Waals surface area contributed by atoms with Gasteiger partial charge >= 0.3 is 0 Å². The van der Waals surface area contributed by atoms with Crippen LogP contribution in [-0.2, 0) is 11.2 Å². The van der Waals surface area contributed by atoms with Gasteiger partial charge in [0.2, 0.25) is 5.91 Å². The Hall–Kier alpha value is -2.79. The lowest BCUT2D eigenvalue weighted by molar-refractivity contribution is -0.130. The van der Waals surface area contributed by atoms with Gasteiger partial charge in [-0.1, -0.05) is 35.9 Å². The molecule has 0 saturated carbocycles. The molecule has 0 spiro atoms. The molecule has 0 saturated heterocycles. The van der Waals surface area contributed by atoms with Crippen LogP contribution in [0.4, 0.5) is 0 Å². The third kappa shape index (κ3) is 5.59. The second kappa shape index (κ2) is 9.24. The summed E-state index contributed by atoms with van der Waals surface area (Å²) in [6.07, 6.45) is 4.87. The zero-order valence-corrected chi connectivity index (χ0v) is 16.0. The van der Waals surface area contributed by atoms with E-state index >= 15 is 0 Å². The largest absolute Gasteiger partial charge is 0.492 e. The molecule has 27 heavy (non-hydrogen) atoms. The first-order valence-corrected chi connectivity index (χ1v) is 9.21. The van der Waals surface area contributed by atoms with Crippen LogP contribution in [0.2, 0.25) is 5.02 Å². The predicted molar refractivity (Wildman–Crippen MR) is 106 cm³/mol. The van der Waals surface area contributed by atoms with E-state index in [0.717, 1.165) is 11.3 Å². The molecule has 0 N–H and O–H groups in total. The Labute approximate surface area is 164 Å². The minimum atomic E-state index is 0.0807. The molecule has 0 fully saturated rings. The normalized spacial score (nSPS) is 10.6. The smallest absolute Gasteiger partial charge is 0.222 e. The van der Waals surface area contributed by atoms with E-state index in [2.05, 4.69) is 5.10 Å². The quantitative estimate of drug-likeness (QED) is 0.590. The van der Waals surface area contributed by atoms with Crippen LogP contribution in [0.15, 0.2) is 67.0 Å². The molecule has 5 nitrogen and oxygen atoms in total. The highest BCUT2D eigenvalue weighted by Gasteiger charge is 2.10. The number of hydrogen-bond donors (Lipinski definition) is 0. The summed E-state index contributed by atoms with van der Waals surface area (Å²) in [5, 5.41) is 4.99. The molecule has 6 heteroatoms. The molecule has 1 amide bonds. The molecular formula is C21H22ClN3O2. The second-order valence-corrected chi connectivity index (χ2v) is 6.69. The number of nitrogens with zero attached hydrogens (tertiary/aromatic N) is 3. The number of amides is 1. The zero-order valence-electron chi connectivity index (χ0n) is 15.2. The molecule has 0 unspecified atom stereocenters. The highest BCUT2D eigenvalue weighted by atomic mass is 35.5. The van der Waals surface area contributed by atoms with Crippen molar-refractivity contribution in [1.82, 2.24) is 14.7 Å². The van der Waals surface area contributed by atoms with E-state index in [1.807, 2.05) is 59.5 Å². The third-order valence-electron chi connectivity index (χ3n) is 4.20. The van der Waals surface area contributed by atoms with Crippen molar-refractivity contribution < 1.29 is 9.53 Å². The number of para-hydroxylation sites is 1. The average Bonchev–Trinajstić information content (AvgIpc) is 3.16. The number of ether oxygens (including phenoxy) is 1. The molecule has 0 aliphatic heterocycles. The van der Waals surface area contributed by atoms with Crippen LogP contribution in [0.1, 0.15) is 12.0 Å². The monoisotopic (exact) mass is 383 g/mol. The van der Waals surface area contributed by atoms with Gasteiger partial charge in [0.25, 0.3) is 0 Å². The highest BCUT2D eigenvalue weighted by Crippen LogP contribution is 2.17. The number of likely N-dealkylation sites (N-methyl/N-ethyl adjacent to an activating group) is 1. The maximum Gasteiger partial charge on any atom is 0.222 e. The van der Waals surface area contributed by atoms with Gasteiger partial charge in [-0.05, 0) is 42.3 Å². The van der Waals surface area contributed by atoms with Crippen molar-refractivity contribution in [3.05, 3.63) is 77.6 Å². The first kappa shape index (κ1) is 19.0. The van der Waals surface area contributed by atoms with Gasteiger partial charge in [0.05, 0.1) is 18.4 Å². The number of carbonyl (C=O) groups excluding carboxylic acids is 1. The maximum atomic E-state index is 12.3. The number of carbonyl (C=O) groups is 1. The van der Waals surface area contributed by atoms with Crippen LogP contribution in [0.25, 0.3) is 5.69 Å². The summed E-state index contributed by atoms with van der Waals surface area (Å²) in [7, 11) is 1.79. The van der Waals surface area contributed by atoms with Crippen LogP contribution >= 0.6 is 11.6 Å². The Balaban J connectivity index is 1.43. The third-order valence-corrected chi connectivity index (χ3v) is 4.44. The molecular weight excluding hydrogens is 362 g/mol. The first-order chi connectivity index (χ1) is 13.1. The van der Waals surface area contributed by atoms with Crippen LogP contribution in [0.3, 0.4) is 0 Å². The summed E-state index contributed by atoms with van der Waals surface area (Å²) >= 11 is 5.93. The van der Waals surface area contributed by atoms with E-state index in [1.165, 1.54) is 0 Å². The van der Waals surface area contributed by atoms with Gasteiger partial charge in [-0.25, -0.2) is 4.68 Å². The van der Waals surface area contributed by atoms with Gasteiger partial charge in [0.15, 0.2) is 0 Å². The van der Waals surface area contributed by atoms with Crippen LogP contribution < -0.4 is 4.74 Å². The lowest BCUT2D eigenvalue weighted by Crippen LogP contribution is -2.31. The average molecular weight is 384 g/mol. The van der Waals surface area contributed by atoms with Crippen molar-refractivity contribution >= 4 is 17.5 Å². The number of aryl methyl sites for hydroxylation is 1. The fourth-order valence-corrected chi connectivity index (χ4v) is 2.82. The molecule has 3 aromatic rings. The van der Waals surface area contributed by atoms with E-state index in [1.54, 1.807) is 24.1 Å². The maximum absolute atomic E-state index is 12.3. The molecule has 0 atom stereocenters. The molecule has 2 aromatic carbocycles. The number of aromatic nitrogens is 2. The second-order valence-electron chi connectivity index (χ2n) is 6.25. The van der Waals surface area contributed by atoms with E-state index in [9.17, 15) is 4.79 Å². The molecule has 3 rings (SSSR count). The summed E-state index contributed by atoms with van der Waals surface area (Å²) in [5.41, 5.74) is 2.04. The van der Waals surface area contributed by atoms with E-state index in [4.69, 9.17) is 16.3 Å². The minimum Gasteiger partial charge on any atom is -0.492 e. The van der Waals surface area contributed by atoms with Gasteiger partial charge in [-0.2, -0.15) is 5.10 Å². The van der Waals surface area contributed by atoms with Gasteiger partial charge < -0.3 is 9.64 Å². The number of halogens is 1. The Morgan fingerprint density at radius 3 is 2.78 bits per heavy atom. The van der Waals surface area contributed by atoms with Crippen molar-refractivity contribution in [2.45, 2.75) is 12.8 Å². The predicted octanol–water partition coefficient (Wildman–Crippen LogP) is 4.00. The zero-order chi connectivity index (χ0) is 19.1. The van der Waals surface area contributed by atoms with Crippen molar-refractivity contribution in [3.8, 4) is 11.4 Å². The Morgan fingerprint density at radius 2 is 2.00 bits per heavy atom. The number of hydrogen-bond acceptors (Lipinski definition) is 3. The summed E-state index contributed by atoms with van der Waals surface area (Å²) in [4.78, 5) is 14.0. The van der Waals surface area contributed by atoms with E-state index < -0.39 is 0 Å². The van der Waals surface area contributed by atoms with Crippen LogP contribution in [0, 0.1) is 0 Å². The molecule has 0 aliphatic rings. The van der Waals surface area contributed by atoms with Gasteiger partial charge in [-0.3, -0.25) is 4.79 Å². The van der Waals surface area contributed by atoms with Gasteiger partial charge in [0.1, 0.15) is 12.4 Å². The van der Waals surface area contributed by atoms with Crippen molar-refractivity contribution in [1.29, 1.82) is 0 Å². The summed E-state index contributed by atoms with van der Waals surface area (Å²) in [5.74, 6) is 0.786. The fourth-order valence-electron chi connectivity index (χ4n) is 2.64. The van der Waals surface area contributed by atoms with Crippen molar-refractivity contribution in [3.63, 3.8) is 0 Å². The Kier molecular flexibility index (Phi) is 6.49. The summed E-state index contributed by atoms with van der Waals surface area (Å²) in [6, 6.07) is 17.1. The van der Waals surface area contributed by atoms with Crippen molar-refractivity contribution in [2.24, 2.45) is 0 Å². The molecule has 140 valence electrons. The van der Waals surface area contributed by atoms with Crippen LogP contribution in [0.5, 0.6) is 5.75 Å². The van der Waals surface area contributed by atoms with Crippen LogP contribution in [-0.4, -0.2) is 40.8 Å². The Morgan fingerprint density at radius 1 is 1.19 bits per heavy atom. The van der Waals surface area contributed by atoms with Gasteiger partial charge in [0, 0.05) is 24.7 Å². The molecule has 0 aliphatic carbocycles. The number of benzene rings is 2. The van der Waals surface area contributed by atoms with Gasteiger partial charge in [-0.15, -0.1) is 0 Å². The van der Waals surface area contributed by atoms with Crippen molar-refractivity contribution in [2.75, 3.05) is 20.2 Å². The summed E-state index contributed by atoms with van der Waals surface area (Å²) < 4.78 is 7.45. The standard InChI is InChI=1S/C21H22ClN3O2/c1-24(12-13-27-20-9-5-6-18(22)14-20)21(26)11-10-17-15-23-25(16-17)19-7-3-2-4-8-19/h2-9,14-16H,10-13H2,1H3. The SMILES string of the molecule is CN(CCOc1cccc(Cl)c1)C(=O)CCc1cnn(-c2ccccc2)c1. The minimum absolute atomic E-state index is 0.0807. The van der Waals surface area contributed by atoms with E-state index in [0.29, 0.717) is 36.8 Å².